The molecule has 3 heterocycles. The first-order valence-electron chi connectivity index (χ1n) is 10.1. The molecule has 0 saturated carbocycles. The van der Waals surface area contributed by atoms with Crippen LogP contribution >= 0.6 is 11.6 Å². The number of fused-ring (bicyclic) bond motifs is 4. The van der Waals surface area contributed by atoms with Crippen LogP contribution < -0.4 is 4.74 Å². The summed E-state index contributed by atoms with van der Waals surface area (Å²) < 4.78 is 6.58. The zero-order valence-corrected chi connectivity index (χ0v) is 17.4. The predicted octanol–water partition coefficient (Wildman–Crippen LogP) is 4.53. The van der Waals surface area contributed by atoms with Gasteiger partial charge in [-0.15, -0.1) is 0 Å². The maximum atomic E-state index is 11.8. The van der Waals surface area contributed by atoms with E-state index in [1.807, 2.05) is 23.1 Å². The topological polar surface area (TPSA) is 45.1 Å². The second kappa shape index (κ2) is 6.77. The van der Waals surface area contributed by atoms with Crippen molar-refractivity contribution in [2.24, 2.45) is 5.10 Å². The Morgan fingerprint density at radius 1 is 1.17 bits per heavy atom. The number of carbonyl (C=O) groups excluding carboxylic acids is 1. The summed E-state index contributed by atoms with van der Waals surface area (Å²) in [6.07, 6.45) is 2.28. The Labute approximate surface area is 175 Å². The molecule has 3 aliphatic heterocycles. The van der Waals surface area contributed by atoms with E-state index in [1.54, 1.807) is 6.92 Å². The van der Waals surface area contributed by atoms with Gasteiger partial charge in [-0.1, -0.05) is 41.4 Å². The molecule has 0 aromatic heterocycles. The lowest BCUT2D eigenvalue weighted by Gasteiger charge is -2.51. The number of amides is 1. The smallest absolute Gasteiger partial charge is 0.219 e. The standard InChI is InChI=1S/C23H24ClN3O2/c1-15-3-5-17(6-4-15)20-14-21-19-13-18(24)7-8-22(19)29-23(27(21)25-20)9-11-26(12-10-23)16(2)28/h3-8,13,21H,9-12,14H2,1-2H3. The monoisotopic (exact) mass is 409 g/mol. The fraction of sp³-hybridized carbons (Fsp3) is 0.391. The van der Waals surface area contributed by atoms with Crippen molar-refractivity contribution < 1.29 is 9.53 Å². The first-order chi connectivity index (χ1) is 13.9. The molecular formula is C23H24ClN3O2. The van der Waals surface area contributed by atoms with E-state index in [0.717, 1.165) is 41.9 Å². The first-order valence-corrected chi connectivity index (χ1v) is 10.5. The molecule has 0 bridgehead atoms. The van der Waals surface area contributed by atoms with Gasteiger partial charge in [0, 0.05) is 49.9 Å². The highest BCUT2D eigenvalue weighted by Crippen LogP contribution is 2.50. The SMILES string of the molecule is CC(=O)N1CCC2(CC1)Oc1ccc(Cl)cc1C1CC(c3ccc(C)cc3)=NN12. The molecule has 2 aromatic carbocycles. The number of aryl methyl sites for hydroxylation is 1. The number of ether oxygens (including phenoxy) is 1. The molecule has 1 amide bonds. The molecule has 0 aliphatic carbocycles. The molecule has 0 radical (unpaired) electrons. The molecule has 29 heavy (non-hydrogen) atoms. The van der Waals surface area contributed by atoms with Crippen LogP contribution in [0.2, 0.25) is 5.02 Å². The Morgan fingerprint density at radius 2 is 1.90 bits per heavy atom. The van der Waals surface area contributed by atoms with E-state index < -0.39 is 5.72 Å². The summed E-state index contributed by atoms with van der Waals surface area (Å²) in [7, 11) is 0. The Kier molecular flexibility index (Phi) is 4.32. The lowest BCUT2D eigenvalue weighted by Crippen LogP contribution is -2.59. The fourth-order valence-corrected chi connectivity index (χ4v) is 4.86. The van der Waals surface area contributed by atoms with Gasteiger partial charge in [-0.3, -0.25) is 4.79 Å². The van der Waals surface area contributed by atoms with Gasteiger partial charge in [0.05, 0.1) is 11.8 Å². The van der Waals surface area contributed by atoms with Crippen molar-refractivity contribution in [2.45, 2.75) is 44.9 Å². The largest absolute Gasteiger partial charge is 0.466 e. The number of hydrogen-bond donors (Lipinski definition) is 0. The fourth-order valence-electron chi connectivity index (χ4n) is 4.67. The summed E-state index contributed by atoms with van der Waals surface area (Å²) in [5.74, 6) is 0.997. The third-order valence-electron chi connectivity index (χ3n) is 6.33. The van der Waals surface area contributed by atoms with Gasteiger partial charge in [-0.05, 0) is 30.7 Å². The molecule has 6 heteroatoms. The molecule has 1 atom stereocenters. The van der Waals surface area contributed by atoms with E-state index in [2.05, 4.69) is 36.2 Å². The van der Waals surface area contributed by atoms with Crippen LogP contribution in [0.25, 0.3) is 0 Å². The van der Waals surface area contributed by atoms with Crippen LogP contribution in [0.15, 0.2) is 47.6 Å². The van der Waals surface area contributed by atoms with Gasteiger partial charge in [-0.2, -0.15) is 5.10 Å². The van der Waals surface area contributed by atoms with Gasteiger partial charge >= 0.3 is 0 Å². The van der Waals surface area contributed by atoms with E-state index in [1.165, 1.54) is 5.56 Å². The highest BCUT2D eigenvalue weighted by molar-refractivity contribution is 6.30. The van der Waals surface area contributed by atoms with Gasteiger partial charge in [-0.25, -0.2) is 5.01 Å². The Balaban J connectivity index is 1.55. The normalized spacial score (nSPS) is 22.0. The molecule has 0 N–H and O–H groups in total. The molecule has 1 saturated heterocycles. The average Bonchev–Trinajstić information content (AvgIpc) is 3.16. The number of rotatable bonds is 1. The minimum absolute atomic E-state index is 0.0950. The molecule has 5 rings (SSSR count). The van der Waals surface area contributed by atoms with E-state index in [-0.39, 0.29) is 11.9 Å². The Hall–Kier alpha value is -2.53. The summed E-state index contributed by atoms with van der Waals surface area (Å²) in [4.78, 5) is 13.7. The number of nitrogens with zero attached hydrogens (tertiary/aromatic N) is 3. The van der Waals surface area contributed by atoms with Crippen molar-refractivity contribution >= 4 is 23.2 Å². The molecule has 1 spiro atoms. The molecule has 1 fully saturated rings. The van der Waals surface area contributed by atoms with Gasteiger partial charge in [0.25, 0.3) is 0 Å². The van der Waals surface area contributed by atoms with E-state index in [9.17, 15) is 4.79 Å². The van der Waals surface area contributed by atoms with Crippen LogP contribution in [0.3, 0.4) is 0 Å². The van der Waals surface area contributed by atoms with Crippen LogP contribution in [0, 0.1) is 6.92 Å². The zero-order valence-electron chi connectivity index (χ0n) is 16.7. The number of piperidine rings is 1. The number of hydrazone groups is 1. The number of likely N-dealkylation sites (tertiary alicyclic amines) is 1. The van der Waals surface area contributed by atoms with Gasteiger partial charge < -0.3 is 9.64 Å². The van der Waals surface area contributed by atoms with Crippen LogP contribution in [0.1, 0.15) is 48.9 Å². The lowest BCUT2D eigenvalue weighted by molar-refractivity contribution is -0.158. The summed E-state index contributed by atoms with van der Waals surface area (Å²) in [6.45, 7) is 5.07. The van der Waals surface area contributed by atoms with Crippen molar-refractivity contribution in [3.8, 4) is 5.75 Å². The van der Waals surface area contributed by atoms with Crippen molar-refractivity contribution in [1.82, 2.24) is 9.91 Å². The van der Waals surface area contributed by atoms with E-state index in [4.69, 9.17) is 21.4 Å². The quantitative estimate of drug-likeness (QED) is 0.695. The molecule has 3 aliphatic rings. The highest BCUT2D eigenvalue weighted by atomic mass is 35.5. The predicted molar refractivity (Wildman–Crippen MR) is 113 cm³/mol. The second-order valence-electron chi connectivity index (χ2n) is 8.21. The van der Waals surface area contributed by atoms with Crippen molar-refractivity contribution in [1.29, 1.82) is 0 Å². The van der Waals surface area contributed by atoms with Crippen molar-refractivity contribution in [3.05, 3.63) is 64.2 Å². The maximum Gasteiger partial charge on any atom is 0.219 e. The van der Waals surface area contributed by atoms with Crippen molar-refractivity contribution in [3.63, 3.8) is 0 Å². The Morgan fingerprint density at radius 3 is 2.59 bits per heavy atom. The molecule has 2 aromatic rings. The van der Waals surface area contributed by atoms with Crippen LogP contribution in [0.5, 0.6) is 5.75 Å². The Bertz CT molecular complexity index is 994. The first kappa shape index (κ1) is 18.5. The summed E-state index contributed by atoms with van der Waals surface area (Å²) >= 11 is 6.31. The number of hydrogen-bond acceptors (Lipinski definition) is 4. The summed E-state index contributed by atoms with van der Waals surface area (Å²) in [6, 6.07) is 14.5. The lowest BCUT2D eigenvalue weighted by atomic mass is 9.90. The summed E-state index contributed by atoms with van der Waals surface area (Å²) in [5.41, 5.74) is 4.01. The molecule has 1 unspecified atom stereocenters. The molecule has 150 valence electrons. The van der Waals surface area contributed by atoms with Gasteiger partial charge in [0.2, 0.25) is 11.6 Å². The number of carbonyl (C=O) groups is 1. The zero-order chi connectivity index (χ0) is 20.2. The van der Waals surface area contributed by atoms with Gasteiger partial charge in [0.1, 0.15) is 5.75 Å². The minimum Gasteiger partial charge on any atom is -0.466 e. The summed E-state index contributed by atoms with van der Waals surface area (Å²) in [5, 5.41) is 7.92. The average molecular weight is 410 g/mol. The van der Waals surface area contributed by atoms with Crippen LogP contribution in [-0.4, -0.2) is 40.3 Å². The third kappa shape index (κ3) is 3.08. The highest BCUT2D eigenvalue weighted by Gasteiger charge is 2.52. The van der Waals surface area contributed by atoms with E-state index >= 15 is 0 Å². The maximum absolute atomic E-state index is 11.8. The van der Waals surface area contributed by atoms with Gasteiger partial charge in [0.15, 0.2) is 0 Å². The van der Waals surface area contributed by atoms with Crippen LogP contribution in [-0.2, 0) is 4.79 Å². The van der Waals surface area contributed by atoms with Crippen molar-refractivity contribution in [2.75, 3.05) is 13.1 Å². The number of halogens is 1. The molecular weight excluding hydrogens is 386 g/mol. The minimum atomic E-state index is -0.524. The second-order valence-corrected chi connectivity index (χ2v) is 8.65. The molecule has 5 nitrogen and oxygen atoms in total. The van der Waals surface area contributed by atoms with E-state index in [0.29, 0.717) is 18.1 Å². The van der Waals surface area contributed by atoms with Crippen LogP contribution in [0.4, 0.5) is 0 Å². The number of benzene rings is 2. The third-order valence-corrected chi connectivity index (χ3v) is 6.57.